The highest BCUT2D eigenvalue weighted by Crippen LogP contribution is 2.15. The highest BCUT2D eigenvalue weighted by Gasteiger charge is 2.24. The number of aliphatic hydroxyl groups excluding tert-OH is 1. The monoisotopic (exact) mass is 239 g/mol. The van der Waals surface area contributed by atoms with Crippen LogP contribution >= 0.6 is 0 Å². The molecular weight excluding hydrogens is 222 g/mol. The summed E-state index contributed by atoms with van der Waals surface area (Å²) in [5.74, 6) is -0.0110. The number of rotatable bonds is 4. The van der Waals surface area contributed by atoms with E-state index in [1.54, 1.807) is 17.2 Å². The van der Waals surface area contributed by atoms with Gasteiger partial charge in [0.15, 0.2) is 0 Å². The molecule has 0 aliphatic carbocycles. The Labute approximate surface area is 99.6 Å². The zero-order chi connectivity index (χ0) is 12.1. The molecule has 6 heteroatoms. The van der Waals surface area contributed by atoms with E-state index in [-0.39, 0.29) is 18.6 Å². The largest absolute Gasteiger partial charge is 0.394 e. The number of aromatic nitrogens is 2. The van der Waals surface area contributed by atoms with Crippen LogP contribution in [0, 0.1) is 0 Å². The first kappa shape index (κ1) is 12.1. The van der Waals surface area contributed by atoms with Gasteiger partial charge in [0.05, 0.1) is 19.3 Å². The van der Waals surface area contributed by atoms with Crippen LogP contribution in [-0.2, 0) is 4.74 Å². The number of aliphatic hydroxyl groups is 1. The molecule has 2 rings (SSSR count). The third kappa shape index (κ3) is 3.04. The second-order valence-corrected chi connectivity index (χ2v) is 4.06. The Morgan fingerprint density at radius 1 is 1.59 bits per heavy atom. The Bertz CT molecular complexity index is 345. The molecule has 2 heterocycles. The molecule has 1 aromatic heterocycles. The summed E-state index contributed by atoms with van der Waals surface area (Å²) in [6, 6.07) is 1.68. The van der Waals surface area contributed by atoms with Crippen LogP contribution in [0.2, 0.25) is 0 Å². The molecular formula is C11H17N3O3. The minimum absolute atomic E-state index is 0.0110. The molecule has 1 aliphatic heterocycles. The van der Waals surface area contributed by atoms with Crippen LogP contribution < -0.4 is 0 Å². The van der Waals surface area contributed by atoms with Gasteiger partial charge in [0.25, 0.3) is 5.91 Å². The van der Waals surface area contributed by atoms with Gasteiger partial charge in [-0.15, -0.1) is 0 Å². The zero-order valence-electron chi connectivity index (χ0n) is 9.63. The average molecular weight is 239 g/mol. The number of nitrogens with one attached hydrogen (secondary N) is 1. The van der Waals surface area contributed by atoms with E-state index in [1.165, 1.54) is 0 Å². The quantitative estimate of drug-likeness (QED) is 0.776. The van der Waals surface area contributed by atoms with Gasteiger partial charge in [-0.2, -0.15) is 5.10 Å². The van der Waals surface area contributed by atoms with Gasteiger partial charge in [0.1, 0.15) is 5.69 Å². The van der Waals surface area contributed by atoms with Gasteiger partial charge in [-0.25, -0.2) is 0 Å². The van der Waals surface area contributed by atoms with Crippen molar-refractivity contribution in [2.75, 3.05) is 26.3 Å². The first-order valence-electron chi connectivity index (χ1n) is 5.82. The lowest BCUT2D eigenvalue weighted by Crippen LogP contribution is -2.41. The zero-order valence-corrected chi connectivity index (χ0v) is 9.63. The second kappa shape index (κ2) is 5.79. The third-order valence-corrected chi connectivity index (χ3v) is 2.91. The summed E-state index contributed by atoms with van der Waals surface area (Å²) in [5, 5.41) is 15.1. The molecule has 0 spiro atoms. The van der Waals surface area contributed by atoms with Crippen LogP contribution in [0.4, 0.5) is 0 Å². The van der Waals surface area contributed by atoms with Crippen molar-refractivity contribution >= 4 is 5.91 Å². The van der Waals surface area contributed by atoms with Gasteiger partial charge in [0.2, 0.25) is 0 Å². The molecule has 1 saturated heterocycles. The standard InChI is InChI=1S/C11H17N3O3/c15-7-8-17-9-2-5-14(6-3-9)11(16)10-1-4-12-13-10/h1,4,9,15H,2-3,5-8H2,(H,12,13). The number of ether oxygens (including phenoxy) is 1. The molecule has 0 atom stereocenters. The van der Waals surface area contributed by atoms with Crippen molar-refractivity contribution in [1.29, 1.82) is 0 Å². The number of hydrogen-bond acceptors (Lipinski definition) is 4. The van der Waals surface area contributed by atoms with Crippen molar-refractivity contribution in [3.05, 3.63) is 18.0 Å². The Balaban J connectivity index is 1.81. The number of piperidine rings is 1. The van der Waals surface area contributed by atoms with Crippen LogP contribution in [0.1, 0.15) is 23.3 Å². The van der Waals surface area contributed by atoms with Gasteiger partial charge in [0, 0.05) is 19.3 Å². The number of hydrogen-bond donors (Lipinski definition) is 2. The molecule has 2 N–H and O–H groups in total. The van der Waals surface area contributed by atoms with E-state index in [0.29, 0.717) is 25.4 Å². The Kier molecular flexibility index (Phi) is 4.11. The number of H-pyrrole nitrogens is 1. The third-order valence-electron chi connectivity index (χ3n) is 2.91. The highest BCUT2D eigenvalue weighted by atomic mass is 16.5. The van der Waals surface area contributed by atoms with E-state index < -0.39 is 0 Å². The second-order valence-electron chi connectivity index (χ2n) is 4.06. The predicted molar refractivity (Wildman–Crippen MR) is 60.6 cm³/mol. The maximum absolute atomic E-state index is 12.0. The Hall–Kier alpha value is -1.40. The molecule has 1 amide bonds. The van der Waals surface area contributed by atoms with Crippen molar-refractivity contribution in [3.8, 4) is 0 Å². The summed E-state index contributed by atoms with van der Waals surface area (Å²) < 4.78 is 5.44. The number of carbonyl (C=O) groups is 1. The molecule has 6 nitrogen and oxygen atoms in total. The molecule has 94 valence electrons. The van der Waals surface area contributed by atoms with Crippen molar-refractivity contribution in [3.63, 3.8) is 0 Å². The van der Waals surface area contributed by atoms with Gasteiger partial charge in [-0.1, -0.05) is 0 Å². The molecule has 17 heavy (non-hydrogen) atoms. The van der Waals surface area contributed by atoms with Crippen LogP contribution in [0.3, 0.4) is 0 Å². The van der Waals surface area contributed by atoms with E-state index in [4.69, 9.17) is 9.84 Å². The molecule has 1 aliphatic rings. The molecule has 0 radical (unpaired) electrons. The molecule has 0 aromatic carbocycles. The normalized spacial score (nSPS) is 17.4. The lowest BCUT2D eigenvalue weighted by Gasteiger charge is -2.31. The van der Waals surface area contributed by atoms with Crippen molar-refractivity contribution in [1.82, 2.24) is 15.1 Å². The fraction of sp³-hybridized carbons (Fsp3) is 0.636. The maximum atomic E-state index is 12.0. The van der Waals surface area contributed by atoms with Gasteiger partial charge in [-0.3, -0.25) is 9.89 Å². The lowest BCUT2D eigenvalue weighted by atomic mass is 10.1. The van der Waals surface area contributed by atoms with E-state index in [1.807, 2.05) is 0 Å². The number of amides is 1. The smallest absolute Gasteiger partial charge is 0.271 e. The van der Waals surface area contributed by atoms with Crippen molar-refractivity contribution in [2.24, 2.45) is 0 Å². The summed E-state index contributed by atoms with van der Waals surface area (Å²) in [6.07, 6.45) is 3.37. The van der Waals surface area contributed by atoms with E-state index in [9.17, 15) is 4.79 Å². The number of carbonyl (C=O) groups excluding carboxylic acids is 1. The highest BCUT2D eigenvalue weighted by molar-refractivity contribution is 5.92. The molecule has 1 fully saturated rings. The number of nitrogens with zero attached hydrogens (tertiary/aromatic N) is 2. The van der Waals surface area contributed by atoms with Crippen molar-refractivity contribution in [2.45, 2.75) is 18.9 Å². The first-order valence-corrected chi connectivity index (χ1v) is 5.82. The van der Waals surface area contributed by atoms with Crippen molar-refractivity contribution < 1.29 is 14.6 Å². The van der Waals surface area contributed by atoms with Crippen LogP contribution in [0.25, 0.3) is 0 Å². The van der Waals surface area contributed by atoms with E-state index in [2.05, 4.69) is 10.2 Å². The fourth-order valence-electron chi connectivity index (χ4n) is 1.99. The van der Waals surface area contributed by atoms with Gasteiger partial charge in [-0.05, 0) is 18.9 Å². The Morgan fingerprint density at radius 3 is 2.94 bits per heavy atom. The molecule has 0 unspecified atom stereocenters. The molecule has 1 aromatic rings. The average Bonchev–Trinajstić information content (AvgIpc) is 2.90. The molecule has 0 saturated carbocycles. The van der Waals surface area contributed by atoms with E-state index >= 15 is 0 Å². The van der Waals surface area contributed by atoms with Gasteiger partial charge < -0.3 is 14.7 Å². The lowest BCUT2D eigenvalue weighted by molar-refractivity contribution is -0.00564. The summed E-state index contributed by atoms with van der Waals surface area (Å²) in [5.41, 5.74) is 0.528. The predicted octanol–water partition coefficient (Wildman–Crippen LogP) is 0.0232. The summed E-state index contributed by atoms with van der Waals surface area (Å²) in [7, 11) is 0. The Morgan fingerprint density at radius 2 is 2.35 bits per heavy atom. The fourth-order valence-corrected chi connectivity index (χ4v) is 1.99. The first-order chi connectivity index (χ1) is 8.31. The topological polar surface area (TPSA) is 78.5 Å². The summed E-state index contributed by atoms with van der Waals surface area (Å²) in [4.78, 5) is 13.8. The van der Waals surface area contributed by atoms with E-state index in [0.717, 1.165) is 12.8 Å². The minimum atomic E-state index is -0.0110. The number of likely N-dealkylation sites (tertiary alicyclic amines) is 1. The summed E-state index contributed by atoms with van der Waals surface area (Å²) in [6.45, 7) is 1.80. The van der Waals surface area contributed by atoms with Crippen LogP contribution in [0.5, 0.6) is 0 Å². The minimum Gasteiger partial charge on any atom is -0.394 e. The van der Waals surface area contributed by atoms with Crippen LogP contribution in [-0.4, -0.2) is 58.5 Å². The maximum Gasteiger partial charge on any atom is 0.271 e. The van der Waals surface area contributed by atoms with Gasteiger partial charge >= 0.3 is 0 Å². The number of aromatic amines is 1. The van der Waals surface area contributed by atoms with Crippen LogP contribution in [0.15, 0.2) is 12.3 Å². The SMILES string of the molecule is O=C(c1ccn[nH]1)N1CCC(OCCO)CC1. The molecule has 0 bridgehead atoms. The summed E-state index contributed by atoms with van der Waals surface area (Å²) >= 11 is 0.